The van der Waals surface area contributed by atoms with Gasteiger partial charge in [0, 0.05) is 28.7 Å². The summed E-state index contributed by atoms with van der Waals surface area (Å²) in [7, 11) is 0. The molecule has 2 aromatic rings. The molecule has 1 saturated heterocycles. The highest BCUT2D eigenvalue weighted by atomic mass is 35.5. The molecule has 1 aliphatic heterocycles. The zero-order chi connectivity index (χ0) is 19.3. The number of hydrogen-bond acceptors (Lipinski definition) is 4. The highest BCUT2D eigenvalue weighted by molar-refractivity contribution is 6.30. The molecule has 1 aliphatic carbocycles. The lowest BCUT2D eigenvalue weighted by Crippen LogP contribution is -2.30. The fourth-order valence-electron chi connectivity index (χ4n) is 4.03. The lowest BCUT2D eigenvalue weighted by molar-refractivity contribution is 0.294. The lowest BCUT2D eigenvalue weighted by Gasteiger charge is -2.22. The number of hydrogen-bond donors (Lipinski definition) is 2. The van der Waals surface area contributed by atoms with Gasteiger partial charge in [-0.25, -0.2) is 4.98 Å². The molecule has 7 heteroatoms. The molecule has 2 aliphatic rings. The maximum Gasteiger partial charge on any atom is 0.219 e. The summed E-state index contributed by atoms with van der Waals surface area (Å²) in [5.41, 5.74) is 1.59. The van der Waals surface area contributed by atoms with Crippen molar-refractivity contribution in [2.75, 3.05) is 19.6 Å². The smallest absolute Gasteiger partial charge is 0.219 e. The van der Waals surface area contributed by atoms with Crippen LogP contribution in [-0.4, -0.2) is 30.7 Å². The SMILES string of the molecule is Cl.Fc1ncccc1COc1cc(Cl)ccc1[C@@H]1C[C@H]1NCCC1CCNCC1. The average molecular weight is 440 g/mol. The van der Waals surface area contributed by atoms with Gasteiger partial charge in [-0.3, -0.25) is 0 Å². The zero-order valence-electron chi connectivity index (χ0n) is 16.4. The third-order valence-electron chi connectivity index (χ3n) is 5.80. The fraction of sp³-hybridized carbons (Fsp3) is 0.500. The molecule has 2 heterocycles. The second-order valence-corrected chi connectivity index (χ2v) is 8.25. The van der Waals surface area contributed by atoms with E-state index >= 15 is 0 Å². The van der Waals surface area contributed by atoms with E-state index in [1.54, 1.807) is 12.1 Å². The van der Waals surface area contributed by atoms with Crippen molar-refractivity contribution in [1.82, 2.24) is 15.6 Å². The van der Waals surface area contributed by atoms with E-state index in [0.29, 0.717) is 22.5 Å². The van der Waals surface area contributed by atoms with Gasteiger partial charge in [-0.05, 0) is 81.1 Å². The number of halogens is 3. The molecule has 4 nitrogen and oxygen atoms in total. The van der Waals surface area contributed by atoms with Gasteiger partial charge in [0.1, 0.15) is 12.4 Å². The minimum Gasteiger partial charge on any atom is -0.488 e. The first kappa shape index (κ1) is 22.3. The molecule has 1 saturated carbocycles. The quantitative estimate of drug-likeness (QED) is 0.584. The number of ether oxygens (including phenoxy) is 1. The van der Waals surface area contributed by atoms with E-state index in [-0.39, 0.29) is 19.0 Å². The van der Waals surface area contributed by atoms with E-state index in [1.807, 2.05) is 18.2 Å². The minimum atomic E-state index is -0.491. The first-order chi connectivity index (χ1) is 13.7. The summed E-state index contributed by atoms with van der Waals surface area (Å²) < 4.78 is 19.7. The summed E-state index contributed by atoms with van der Waals surface area (Å²) >= 11 is 6.17. The molecule has 0 bridgehead atoms. The van der Waals surface area contributed by atoms with Crippen molar-refractivity contribution in [3.8, 4) is 5.75 Å². The van der Waals surface area contributed by atoms with E-state index in [4.69, 9.17) is 16.3 Å². The molecule has 1 aromatic carbocycles. The summed E-state index contributed by atoms with van der Waals surface area (Å²) in [6.07, 6.45) is 6.36. The van der Waals surface area contributed by atoms with Gasteiger partial charge in [-0.2, -0.15) is 4.39 Å². The van der Waals surface area contributed by atoms with E-state index in [0.717, 1.165) is 43.3 Å². The Balaban J connectivity index is 0.00000240. The Hall–Kier alpha value is -1.40. The minimum absolute atomic E-state index is 0. The molecule has 2 fully saturated rings. The Bertz CT molecular complexity index is 801. The van der Waals surface area contributed by atoms with E-state index in [9.17, 15) is 4.39 Å². The summed E-state index contributed by atoms with van der Waals surface area (Å²) in [6, 6.07) is 9.66. The van der Waals surface area contributed by atoms with Gasteiger partial charge in [0.05, 0.1) is 0 Å². The molecule has 1 aromatic heterocycles. The Labute approximate surface area is 183 Å². The van der Waals surface area contributed by atoms with Crippen molar-refractivity contribution >= 4 is 24.0 Å². The van der Waals surface area contributed by atoms with Crippen LogP contribution < -0.4 is 15.4 Å². The van der Waals surface area contributed by atoms with Gasteiger partial charge in [-0.15, -0.1) is 12.4 Å². The summed E-state index contributed by atoms with van der Waals surface area (Å²) in [5.74, 6) is 1.52. The summed E-state index contributed by atoms with van der Waals surface area (Å²) in [4.78, 5) is 3.68. The van der Waals surface area contributed by atoms with Crippen molar-refractivity contribution in [2.45, 2.75) is 44.2 Å². The van der Waals surface area contributed by atoms with Crippen LogP contribution in [0.4, 0.5) is 4.39 Å². The van der Waals surface area contributed by atoms with Crippen molar-refractivity contribution in [2.24, 2.45) is 5.92 Å². The van der Waals surface area contributed by atoms with E-state index in [2.05, 4.69) is 15.6 Å². The summed E-state index contributed by atoms with van der Waals surface area (Å²) in [5, 5.41) is 7.74. The highest BCUT2D eigenvalue weighted by Crippen LogP contribution is 2.45. The molecule has 0 amide bonds. The standard InChI is InChI=1S/C22H27ClFN3O.ClH/c23-17-3-4-18(21(12-17)28-14-16-2-1-8-27-22(16)24)19-13-20(19)26-11-7-15-5-9-25-10-6-15;/h1-4,8,12,15,19-20,25-26H,5-7,9-11,13-14H2;1H/t19-,20+;/m0./s1. The molecule has 29 heavy (non-hydrogen) atoms. The van der Waals surface area contributed by atoms with Crippen molar-refractivity contribution in [3.05, 3.63) is 58.6 Å². The number of nitrogens with zero attached hydrogens (tertiary/aromatic N) is 1. The van der Waals surface area contributed by atoms with Crippen LogP contribution >= 0.6 is 24.0 Å². The third-order valence-corrected chi connectivity index (χ3v) is 6.04. The third kappa shape index (κ3) is 6.05. The summed E-state index contributed by atoms with van der Waals surface area (Å²) in [6.45, 7) is 3.52. The number of piperidine rings is 1. The number of rotatable bonds is 8. The molecule has 2 atom stereocenters. The highest BCUT2D eigenvalue weighted by Gasteiger charge is 2.39. The molecular formula is C22H28Cl2FN3O. The topological polar surface area (TPSA) is 46.2 Å². The van der Waals surface area contributed by atoms with Crippen LogP contribution in [0.5, 0.6) is 5.75 Å². The first-order valence-electron chi connectivity index (χ1n) is 10.2. The van der Waals surface area contributed by atoms with Crippen LogP contribution in [0.1, 0.15) is 42.7 Å². The Morgan fingerprint density at radius 1 is 1.24 bits per heavy atom. The first-order valence-corrected chi connectivity index (χ1v) is 10.5. The Morgan fingerprint density at radius 2 is 2.07 bits per heavy atom. The van der Waals surface area contributed by atoms with Crippen LogP contribution in [0, 0.1) is 11.9 Å². The van der Waals surface area contributed by atoms with Crippen LogP contribution in [0.25, 0.3) is 0 Å². The maximum atomic E-state index is 13.8. The number of benzene rings is 1. The predicted octanol–water partition coefficient (Wildman–Crippen LogP) is 4.71. The fourth-order valence-corrected chi connectivity index (χ4v) is 4.19. The van der Waals surface area contributed by atoms with Gasteiger partial charge in [0.2, 0.25) is 5.95 Å². The van der Waals surface area contributed by atoms with Gasteiger partial charge < -0.3 is 15.4 Å². The van der Waals surface area contributed by atoms with E-state index in [1.165, 1.54) is 25.5 Å². The Kier molecular flexibility index (Phi) is 8.13. The van der Waals surface area contributed by atoms with Crippen LogP contribution in [0.3, 0.4) is 0 Å². The molecule has 2 N–H and O–H groups in total. The maximum absolute atomic E-state index is 13.8. The largest absolute Gasteiger partial charge is 0.488 e. The van der Waals surface area contributed by atoms with Crippen LogP contribution in [0.2, 0.25) is 5.02 Å². The van der Waals surface area contributed by atoms with Crippen LogP contribution in [-0.2, 0) is 6.61 Å². The number of pyridine rings is 1. The molecule has 158 valence electrons. The zero-order valence-corrected chi connectivity index (χ0v) is 17.9. The van der Waals surface area contributed by atoms with Gasteiger partial charge in [0.25, 0.3) is 0 Å². The molecule has 0 spiro atoms. The van der Waals surface area contributed by atoms with Crippen molar-refractivity contribution in [1.29, 1.82) is 0 Å². The lowest BCUT2D eigenvalue weighted by atomic mass is 9.95. The second kappa shape index (κ2) is 10.6. The Morgan fingerprint density at radius 3 is 2.86 bits per heavy atom. The number of aromatic nitrogens is 1. The predicted molar refractivity (Wildman–Crippen MR) is 117 cm³/mol. The van der Waals surface area contributed by atoms with Gasteiger partial charge in [-0.1, -0.05) is 17.7 Å². The van der Waals surface area contributed by atoms with Gasteiger partial charge >= 0.3 is 0 Å². The number of nitrogens with one attached hydrogen (secondary N) is 2. The second-order valence-electron chi connectivity index (χ2n) is 7.81. The van der Waals surface area contributed by atoms with Crippen molar-refractivity contribution < 1.29 is 9.13 Å². The van der Waals surface area contributed by atoms with Crippen molar-refractivity contribution in [3.63, 3.8) is 0 Å². The molecule has 0 unspecified atom stereocenters. The monoisotopic (exact) mass is 439 g/mol. The van der Waals surface area contributed by atoms with E-state index < -0.39 is 5.95 Å². The van der Waals surface area contributed by atoms with Gasteiger partial charge in [0.15, 0.2) is 0 Å². The molecular weight excluding hydrogens is 412 g/mol. The molecule has 4 rings (SSSR count). The normalized spacial score (nSPS) is 21.4. The average Bonchev–Trinajstić information content (AvgIpc) is 3.47. The molecule has 0 radical (unpaired) electrons. The van der Waals surface area contributed by atoms with Crippen LogP contribution in [0.15, 0.2) is 36.5 Å².